The van der Waals surface area contributed by atoms with Crippen molar-refractivity contribution >= 4 is 27.5 Å². The molecule has 0 saturated heterocycles. The number of benzene rings is 3. The van der Waals surface area contributed by atoms with Gasteiger partial charge in [-0.25, -0.2) is 8.42 Å². The molecule has 1 N–H and O–H groups in total. The summed E-state index contributed by atoms with van der Waals surface area (Å²) in [5.74, 6) is -0.759. The standard InChI is InChI=1S/C30H37N3O4S/c1-7-27(30(35)31-6)32(19-25-14-9-21(2)10-15-25)29(34)20-33(28-18-23(4)8-13-24(28)5)38(36,37)26-16-11-22(3)12-17-26/h8-18,27H,7,19-20H2,1-6H3,(H,31,35)/t27-/m0/s1. The number of hydrogen-bond donors (Lipinski definition) is 1. The third-order valence-corrected chi connectivity index (χ3v) is 8.40. The van der Waals surface area contributed by atoms with Crippen molar-refractivity contribution < 1.29 is 18.0 Å². The maximum atomic E-state index is 14.0. The van der Waals surface area contributed by atoms with Gasteiger partial charge in [0, 0.05) is 13.6 Å². The van der Waals surface area contributed by atoms with Crippen molar-refractivity contribution in [3.05, 3.63) is 94.5 Å². The van der Waals surface area contributed by atoms with Crippen LogP contribution in [0.4, 0.5) is 5.69 Å². The first-order valence-electron chi connectivity index (χ1n) is 12.7. The van der Waals surface area contributed by atoms with Crippen molar-refractivity contribution in [3.8, 4) is 0 Å². The number of sulfonamides is 1. The van der Waals surface area contributed by atoms with Gasteiger partial charge in [0.25, 0.3) is 10.0 Å². The highest BCUT2D eigenvalue weighted by molar-refractivity contribution is 7.92. The summed E-state index contributed by atoms with van der Waals surface area (Å²) in [6.07, 6.45) is 0.380. The zero-order valence-corrected chi connectivity index (χ0v) is 23.8. The van der Waals surface area contributed by atoms with Crippen molar-refractivity contribution in [2.24, 2.45) is 0 Å². The van der Waals surface area contributed by atoms with E-state index in [1.807, 2.05) is 71.0 Å². The summed E-state index contributed by atoms with van der Waals surface area (Å²) in [5, 5.41) is 2.64. The Balaban J connectivity index is 2.10. The molecule has 202 valence electrons. The van der Waals surface area contributed by atoms with Crippen LogP contribution in [-0.4, -0.2) is 44.8 Å². The predicted molar refractivity (Wildman–Crippen MR) is 152 cm³/mol. The van der Waals surface area contributed by atoms with Crippen LogP contribution >= 0.6 is 0 Å². The van der Waals surface area contributed by atoms with E-state index >= 15 is 0 Å². The molecule has 0 aliphatic rings. The Morgan fingerprint density at radius 3 is 1.95 bits per heavy atom. The van der Waals surface area contributed by atoms with E-state index in [0.717, 1.165) is 27.8 Å². The normalized spacial score (nSPS) is 12.1. The smallest absolute Gasteiger partial charge is 0.264 e. The highest BCUT2D eigenvalue weighted by Gasteiger charge is 2.34. The summed E-state index contributed by atoms with van der Waals surface area (Å²) in [6.45, 7) is 9.13. The summed E-state index contributed by atoms with van der Waals surface area (Å²) in [6, 6.07) is 19.1. The number of hydrogen-bond acceptors (Lipinski definition) is 4. The minimum absolute atomic E-state index is 0.0974. The van der Waals surface area contributed by atoms with Gasteiger partial charge in [0.2, 0.25) is 11.8 Å². The molecule has 0 bridgehead atoms. The number of amides is 2. The molecule has 2 amide bonds. The average Bonchev–Trinajstić information content (AvgIpc) is 2.89. The molecule has 0 radical (unpaired) electrons. The van der Waals surface area contributed by atoms with Gasteiger partial charge in [-0.15, -0.1) is 0 Å². The number of carbonyl (C=O) groups excluding carboxylic acids is 2. The molecule has 7 nitrogen and oxygen atoms in total. The van der Waals surface area contributed by atoms with E-state index in [9.17, 15) is 18.0 Å². The molecule has 0 aromatic heterocycles. The number of likely N-dealkylation sites (N-methyl/N-ethyl adjacent to an activating group) is 1. The first kappa shape index (κ1) is 28.9. The van der Waals surface area contributed by atoms with Crippen LogP contribution in [-0.2, 0) is 26.2 Å². The van der Waals surface area contributed by atoms with Crippen molar-refractivity contribution in [2.45, 2.75) is 58.5 Å². The average molecular weight is 536 g/mol. The minimum atomic E-state index is -4.09. The second-order valence-electron chi connectivity index (χ2n) is 9.66. The van der Waals surface area contributed by atoms with Gasteiger partial charge in [0.05, 0.1) is 10.6 Å². The number of rotatable bonds is 10. The number of aryl methyl sites for hydroxylation is 4. The van der Waals surface area contributed by atoms with E-state index in [0.29, 0.717) is 12.1 Å². The Morgan fingerprint density at radius 2 is 1.39 bits per heavy atom. The maximum Gasteiger partial charge on any atom is 0.264 e. The zero-order chi connectivity index (χ0) is 28.0. The Kier molecular flexibility index (Phi) is 9.33. The van der Waals surface area contributed by atoms with Crippen LogP contribution in [0.25, 0.3) is 0 Å². The van der Waals surface area contributed by atoms with Crippen LogP contribution in [0.5, 0.6) is 0 Å². The van der Waals surface area contributed by atoms with Crippen LogP contribution in [0.1, 0.15) is 41.2 Å². The van der Waals surface area contributed by atoms with E-state index in [4.69, 9.17) is 0 Å². The van der Waals surface area contributed by atoms with Crippen LogP contribution in [0.2, 0.25) is 0 Å². The lowest BCUT2D eigenvalue weighted by atomic mass is 10.1. The van der Waals surface area contributed by atoms with Gasteiger partial charge in [-0.2, -0.15) is 0 Å². The van der Waals surface area contributed by atoms with E-state index in [2.05, 4.69) is 5.32 Å². The third-order valence-electron chi connectivity index (χ3n) is 6.63. The molecule has 3 aromatic carbocycles. The van der Waals surface area contributed by atoms with Crippen LogP contribution in [0.3, 0.4) is 0 Å². The van der Waals surface area contributed by atoms with Gasteiger partial charge in [-0.05, 0) is 69.0 Å². The maximum absolute atomic E-state index is 14.0. The van der Waals surface area contributed by atoms with Gasteiger partial charge in [-0.3, -0.25) is 13.9 Å². The van der Waals surface area contributed by atoms with E-state index in [1.165, 1.54) is 16.3 Å². The highest BCUT2D eigenvalue weighted by Crippen LogP contribution is 2.29. The molecule has 0 spiro atoms. The minimum Gasteiger partial charge on any atom is -0.357 e. The molecular formula is C30H37N3O4S. The lowest BCUT2D eigenvalue weighted by Gasteiger charge is -2.33. The highest BCUT2D eigenvalue weighted by atomic mass is 32.2. The Labute approximate surface area is 226 Å². The van der Waals surface area contributed by atoms with Crippen molar-refractivity contribution in [2.75, 3.05) is 17.9 Å². The van der Waals surface area contributed by atoms with E-state index < -0.39 is 28.5 Å². The number of anilines is 1. The zero-order valence-electron chi connectivity index (χ0n) is 23.0. The van der Waals surface area contributed by atoms with Crippen LogP contribution < -0.4 is 9.62 Å². The third kappa shape index (κ3) is 6.61. The van der Waals surface area contributed by atoms with Crippen molar-refractivity contribution in [1.82, 2.24) is 10.2 Å². The molecular weight excluding hydrogens is 498 g/mol. The first-order valence-corrected chi connectivity index (χ1v) is 14.1. The van der Waals surface area contributed by atoms with Crippen molar-refractivity contribution in [3.63, 3.8) is 0 Å². The monoisotopic (exact) mass is 535 g/mol. The Morgan fingerprint density at radius 1 is 0.842 bits per heavy atom. The summed E-state index contributed by atoms with van der Waals surface area (Å²) < 4.78 is 29.1. The second kappa shape index (κ2) is 12.3. The topological polar surface area (TPSA) is 86.8 Å². The van der Waals surface area contributed by atoms with Crippen LogP contribution in [0, 0.1) is 27.7 Å². The number of carbonyl (C=O) groups is 2. The van der Waals surface area contributed by atoms with Gasteiger partial charge >= 0.3 is 0 Å². The Hall–Kier alpha value is -3.65. The molecule has 0 unspecified atom stereocenters. The fourth-order valence-electron chi connectivity index (χ4n) is 4.32. The molecule has 3 rings (SSSR count). The molecule has 8 heteroatoms. The van der Waals surface area contributed by atoms with E-state index in [-0.39, 0.29) is 17.3 Å². The Bertz CT molecular complexity index is 1380. The van der Waals surface area contributed by atoms with Gasteiger partial charge in [0.1, 0.15) is 12.6 Å². The SMILES string of the molecule is CC[C@@H](C(=O)NC)N(Cc1ccc(C)cc1)C(=O)CN(c1cc(C)ccc1C)S(=O)(=O)c1ccc(C)cc1. The largest absolute Gasteiger partial charge is 0.357 e. The fourth-order valence-corrected chi connectivity index (χ4v) is 5.79. The summed E-state index contributed by atoms with van der Waals surface area (Å²) >= 11 is 0. The number of nitrogens with one attached hydrogen (secondary N) is 1. The molecule has 38 heavy (non-hydrogen) atoms. The molecule has 0 aliphatic carbocycles. The van der Waals surface area contributed by atoms with Crippen molar-refractivity contribution in [1.29, 1.82) is 0 Å². The lowest BCUT2D eigenvalue weighted by molar-refractivity contribution is -0.140. The molecule has 0 heterocycles. The van der Waals surface area contributed by atoms with Gasteiger partial charge < -0.3 is 10.2 Å². The molecule has 0 fully saturated rings. The molecule has 0 aliphatic heterocycles. The van der Waals surface area contributed by atoms with Gasteiger partial charge in [0.15, 0.2) is 0 Å². The summed E-state index contributed by atoms with van der Waals surface area (Å²) in [7, 11) is -2.56. The van der Waals surface area contributed by atoms with Crippen LogP contribution in [0.15, 0.2) is 71.6 Å². The van der Waals surface area contributed by atoms with E-state index in [1.54, 1.807) is 30.3 Å². The summed E-state index contributed by atoms with van der Waals surface area (Å²) in [4.78, 5) is 28.4. The fraction of sp³-hybridized carbons (Fsp3) is 0.333. The number of nitrogens with zero attached hydrogens (tertiary/aromatic N) is 2. The molecule has 3 aromatic rings. The molecule has 1 atom stereocenters. The lowest BCUT2D eigenvalue weighted by Crippen LogP contribution is -2.51. The summed E-state index contributed by atoms with van der Waals surface area (Å²) in [5.41, 5.74) is 4.89. The second-order valence-corrected chi connectivity index (χ2v) is 11.5. The quantitative estimate of drug-likeness (QED) is 0.409. The van der Waals surface area contributed by atoms with Gasteiger partial charge in [-0.1, -0.05) is 66.6 Å². The predicted octanol–water partition coefficient (Wildman–Crippen LogP) is 4.67. The molecule has 0 saturated carbocycles. The first-order chi connectivity index (χ1) is 18.0.